The van der Waals surface area contributed by atoms with Gasteiger partial charge in [0.05, 0.1) is 0 Å². The highest BCUT2D eigenvalue weighted by molar-refractivity contribution is 5.54. The van der Waals surface area contributed by atoms with Crippen molar-refractivity contribution in [2.75, 3.05) is 13.1 Å². The van der Waals surface area contributed by atoms with Gasteiger partial charge in [-0.3, -0.25) is 4.90 Å². The van der Waals surface area contributed by atoms with E-state index in [0.29, 0.717) is 11.8 Å². The van der Waals surface area contributed by atoms with Crippen molar-refractivity contribution in [3.05, 3.63) is 35.9 Å². The highest BCUT2D eigenvalue weighted by Gasteiger charge is 2.28. The molecule has 2 nitrogen and oxygen atoms in total. The molecule has 1 fully saturated rings. The smallest absolute Gasteiger partial charge is 0.123 e. The third-order valence-corrected chi connectivity index (χ3v) is 4.23. The van der Waals surface area contributed by atoms with Crippen molar-refractivity contribution in [2.24, 2.45) is 11.8 Å². The summed E-state index contributed by atoms with van der Waals surface area (Å²) < 4.78 is 0. The van der Waals surface area contributed by atoms with Gasteiger partial charge < -0.3 is 4.79 Å². The maximum atomic E-state index is 11.2. The number of unbranched alkanes of at least 4 members (excludes halogenated alkanes) is 1. The van der Waals surface area contributed by atoms with Gasteiger partial charge in [0.25, 0.3) is 0 Å². The standard InChI is InChI=1S/C17H25NO/c1-2-3-9-16-13-18(11-10-17(16)14-19)12-15-7-5-4-6-8-15/h4-8,14,16-17H,2-3,9-13H2,1H3. The second-order valence-electron chi connectivity index (χ2n) is 5.71. The number of hydrogen-bond donors (Lipinski definition) is 0. The molecule has 1 aliphatic rings. The second-order valence-corrected chi connectivity index (χ2v) is 5.71. The summed E-state index contributed by atoms with van der Waals surface area (Å²) >= 11 is 0. The van der Waals surface area contributed by atoms with Crippen LogP contribution in [0.4, 0.5) is 0 Å². The van der Waals surface area contributed by atoms with E-state index in [-0.39, 0.29) is 0 Å². The first-order chi connectivity index (χ1) is 9.33. The lowest BCUT2D eigenvalue weighted by molar-refractivity contribution is -0.114. The topological polar surface area (TPSA) is 20.3 Å². The molecule has 0 amide bonds. The maximum absolute atomic E-state index is 11.2. The second kappa shape index (κ2) is 7.44. The van der Waals surface area contributed by atoms with E-state index in [1.165, 1.54) is 31.1 Å². The summed E-state index contributed by atoms with van der Waals surface area (Å²) in [5.74, 6) is 0.855. The van der Waals surface area contributed by atoms with Crippen LogP contribution in [0.3, 0.4) is 0 Å². The average Bonchev–Trinajstić information content (AvgIpc) is 2.46. The predicted molar refractivity (Wildman–Crippen MR) is 78.9 cm³/mol. The van der Waals surface area contributed by atoms with Crippen molar-refractivity contribution < 1.29 is 4.79 Å². The van der Waals surface area contributed by atoms with Crippen LogP contribution in [-0.2, 0) is 11.3 Å². The van der Waals surface area contributed by atoms with Gasteiger partial charge in [0.2, 0.25) is 0 Å². The van der Waals surface area contributed by atoms with Gasteiger partial charge in [-0.05, 0) is 30.9 Å². The number of nitrogens with zero attached hydrogens (tertiary/aromatic N) is 1. The van der Waals surface area contributed by atoms with Crippen LogP contribution in [0.2, 0.25) is 0 Å². The molecule has 2 unspecified atom stereocenters. The normalized spacial score (nSPS) is 24.3. The summed E-state index contributed by atoms with van der Waals surface area (Å²) in [6.07, 6.45) is 5.89. The average molecular weight is 259 g/mol. The summed E-state index contributed by atoms with van der Waals surface area (Å²) in [5, 5.41) is 0. The van der Waals surface area contributed by atoms with Gasteiger partial charge in [0, 0.05) is 19.0 Å². The molecule has 0 aliphatic carbocycles. The molecule has 0 aromatic heterocycles. The lowest BCUT2D eigenvalue weighted by atomic mass is 9.83. The molecule has 1 saturated heterocycles. The summed E-state index contributed by atoms with van der Waals surface area (Å²) in [5.41, 5.74) is 1.38. The van der Waals surface area contributed by atoms with Gasteiger partial charge in [0.1, 0.15) is 6.29 Å². The maximum Gasteiger partial charge on any atom is 0.123 e. The van der Waals surface area contributed by atoms with E-state index in [9.17, 15) is 4.79 Å². The molecule has 1 aromatic rings. The van der Waals surface area contributed by atoms with Crippen LogP contribution in [0.15, 0.2) is 30.3 Å². The Hall–Kier alpha value is -1.15. The Kier molecular flexibility index (Phi) is 5.59. The minimum atomic E-state index is 0.290. The molecular formula is C17H25NO. The first-order valence-corrected chi connectivity index (χ1v) is 7.55. The summed E-state index contributed by atoms with van der Waals surface area (Å²) in [7, 11) is 0. The molecule has 0 saturated carbocycles. The van der Waals surface area contributed by atoms with E-state index in [1.807, 2.05) is 0 Å². The Morgan fingerprint density at radius 3 is 2.79 bits per heavy atom. The van der Waals surface area contributed by atoms with Crippen molar-refractivity contribution in [2.45, 2.75) is 39.2 Å². The van der Waals surface area contributed by atoms with E-state index in [4.69, 9.17) is 0 Å². The zero-order valence-electron chi connectivity index (χ0n) is 11.9. The largest absolute Gasteiger partial charge is 0.303 e. The quantitative estimate of drug-likeness (QED) is 0.729. The molecule has 0 radical (unpaired) electrons. The van der Waals surface area contributed by atoms with Crippen LogP contribution in [-0.4, -0.2) is 24.3 Å². The first-order valence-electron chi connectivity index (χ1n) is 7.55. The summed E-state index contributed by atoms with van der Waals surface area (Å²) in [6.45, 7) is 5.38. The monoisotopic (exact) mass is 259 g/mol. The Morgan fingerprint density at radius 1 is 1.32 bits per heavy atom. The lowest BCUT2D eigenvalue weighted by Gasteiger charge is -2.36. The van der Waals surface area contributed by atoms with Crippen LogP contribution in [0.5, 0.6) is 0 Å². The van der Waals surface area contributed by atoms with Crippen LogP contribution in [0, 0.1) is 11.8 Å². The molecule has 1 aliphatic heterocycles. The van der Waals surface area contributed by atoms with Gasteiger partial charge in [-0.1, -0.05) is 50.1 Å². The van der Waals surface area contributed by atoms with E-state index >= 15 is 0 Å². The predicted octanol–water partition coefficient (Wildman–Crippen LogP) is 3.51. The molecule has 0 spiro atoms. The molecule has 2 rings (SSSR count). The van der Waals surface area contributed by atoms with Crippen LogP contribution >= 0.6 is 0 Å². The van der Waals surface area contributed by atoms with Gasteiger partial charge in [0.15, 0.2) is 0 Å². The third-order valence-electron chi connectivity index (χ3n) is 4.23. The molecule has 0 bridgehead atoms. The minimum Gasteiger partial charge on any atom is -0.303 e. The van der Waals surface area contributed by atoms with Gasteiger partial charge in [-0.15, -0.1) is 0 Å². The molecule has 0 N–H and O–H groups in total. The fourth-order valence-corrected chi connectivity index (χ4v) is 3.06. The third kappa shape index (κ3) is 4.17. The molecule has 2 heteroatoms. The Bertz CT molecular complexity index is 376. The van der Waals surface area contributed by atoms with Gasteiger partial charge >= 0.3 is 0 Å². The Labute approximate surface area is 116 Å². The Balaban J connectivity index is 1.91. The number of carbonyl (C=O) groups is 1. The van der Waals surface area contributed by atoms with Crippen LogP contribution in [0.1, 0.15) is 38.2 Å². The van der Waals surface area contributed by atoms with Crippen molar-refractivity contribution in [1.29, 1.82) is 0 Å². The van der Waals surface area contributed by atoms with E-state index in [2.05, 4.69) is 42.2 Å². The van der Waals surface area contributed by atoms with Crippen molar-refractivity contribution in [1.82, 2.24) is 4.90 Å². The SMILES string of the molecule is CCCCC1CN(Cc2ccccc2)CCC1C=O. The molecule has 104 valence electrons. The molecule has 19 heavy (non-hydrogen) atoms. The zero-order chi connectivity index (χ0) is 13.5. The highest BCUT2D eigenvalue weighted by atomic mass is 16.1. The minimum absolute atomic E-state index is 0.290. The number of aldehydes is 1. The molecular weight excluding hydrogens is 234 g/mol. The fourth-order valence-electron chi connectivity index (χ4n) is 3.06. The number of rotatable bonds is 6. The lowest BCUT2D eigenvalue weighted by Crippen LogP contribution is -2.40. The summed E-state index contributed by atoms with van der Waals surface area (Å²) in [4.78, 5) is 13.7. The van der Waals surface area contributed by atoms with Crippen molar-refractivity contribution >= 4 is 6.29 Å². The van der Waals surface area contributed by atoms with E-state index < -0.39 is 0 Å². The highest BCUT2D eigenvalue weighted by Crippen LogP contribution is 2.27. The summed E-state index contributed by atoms with van der Waals surface area (Å²) in [6, 6.07) is 10.6. The number of benzene rings is 1. The van der Waals surface area contributed by atoms with Crippen LogP contribution in [0.25, 0.3) is 0 Å². The fraction of sp³-hybridized carbons (Fsp3) is 0.588. The van der Waals surface area contributed by atoms with Crippen molar-refractivity contribution in [3.8, 4) is 0 Å². The van der Waals surface area contributed by atoms with E-state index in [0.717, 1.165) is 26.1 Å². The number of hydrogen-bond acceptors (Lipinski definition) is 2. The van der Waals surface area contributed by atoms with Gasteiger partial charge in [-0.25, -0.2) is 0 Å². The molecule has 1 aromatic carbocycles. The molecule has 1 heterocycles. The first kappa shape index (κ1) is 14.3. The van der Waals surface area contributed by atoms with E-state index in [1.54, 1.807) is 0 Å². The zero-order valence-corrected chi connectivity index (χ0v) is 11.9. The van der Waals surface area contributed by atoms with Crippen molar-refractivity contribution in [3.63, 3.8) is 0 Å². The van der Waals surface area contributed by atoms with Crippen LogP contribution < -0.4 is 0 Å². The van der Waals surface area contributed by atoms with Gasteiger partial charge in [-0.2, -0.15) is 0 Å². The number of likely N-dealkylation sites (tertiary alicyclic amines) is 1. The number of piperidine rings is 1. The number of carbonyl (C=O) groups excluding carboxylic acids is 1. The Morgan fingerprint density at radius 2 is 2.11 bits per heavy atom. The molecule has 2 atom stereocenters.